The van der Waals surface area contributed by atoms with Crippen molar-refractivity contribution in [1.29, 1.82) is 0 Å². The highest BCUT2D eigenvalue weighted by Gasteiger charge is 2.16. The SMILES string of the molecule is COCc1ccccc1N(O)C(=O)OC. The van der Waals surface area contributed by atoms with E-state index in [2.05, 4.69) is 4.74 Å². The summed E-state index contributed by atoms with van der Waals surface area (Å²) < 4.78 is 9.34. The topological polar surface area (TPSA) is 59.0 Å². The van der Waals surface area contributed by atoms with E-state index in [1.807, 2.05) is 0 Å². The van der Waals surface area contributed by atoms with Crippen molar-refractivity contribution in [3.05, 3.63) is 29.8 Å². The van der Waals surface area contributed by atoms with Crippen molar-refractivity contribution in [2.24, 2.45) is 0 Å². The van der Waals surface area contributed by atoms with E-state index in [-0.39, 0.29) is 0 Å². The van der Waals surface area contributed by atoms with Gasteiger partial charge in [-0.05, 0) is 6.07 Å². The third-order valence-corrected chi connectivity index (χ3v) is 1.87. The molecule has 0 aliphatic carbocycles. The molecule has 0 fully saturated rings. The van der Waals surface area contributed by atoms with Crippen LogP contribution in [0.5, 0.6) is 0 Å². The summed E-state index contributed by atoms with van der Waals surface area (Å²) in [6.07, 6.45) is -0.835. The number of rotatable bonds is 3. The average molecular weight is 211 g/mol. The number of carbonyl (C=O) groups excluding carboxylic acids is 1. The molecule has 5 heteroatoms. The summed E-state index contributed by atoms with van der Waals surface area (Å²) in [7, 11) is 2.74. The second kappa shape index (κ2) is 5.33. The van der Waals surface area contributed by atoms with Crippen molar-refractivity contribution in [2.45, 2.75) is 6.61 Å². The van der Waals surface area contributed by atoms with Crippen LogP contribution in [0.2, 0.25) is 0 Å². The molecule has 0 saturated carbocycles. The Morgan fingerprint density at radius 2 is 2.07 bits per heavy atom. The summed E-state index contributed by atoms with van der Waals surface area (Å²) in [5, 5.41) is 9.95. The first-order chi connectivity index (χ1) is 7.20. The quantitative estimate of drug-likeness (QED) is 0.611. The van der Waals surface area contributed by atoms with Gasteiger partial charge in [-0.3, -0.25) is 5.21 Å². The van der Waals surface area contributed by atoms with Crippen molar-refractivity contribution >= 4 is 11.8 Å². The number of ether oxygens (including phenoxy) is 2. The van der Waals surface area contributed by atoms with Crippen molar-refractivity contribution < 1.29 is 19.5 Å². The summed E-state index contributed by atoms with van der Waals surface area (Å²) in [5.41, 5.74) is 1.05. The van der Waals surface area contributed by atoms with E-state index in [9.17, 15) is 10.0 Å². The van der Waals surface area contributed by atoms with Gasteiger partial charge in [-0.25, -0.2) is 4.79 Å². The Labute approximate surface area is 87.8 Å². The van der Waals surface area contributed by atoms with Gasteiger partial charge in [0, 0.05) is 12.7 Å². The molecule has 0 aromatic heterocycles. The smallest absolute Gasteiger partial charge is 0.438 e. The average Bonchev–Trinajstić information content (AvgIpc) is 2.28. The lowest BCUT2D eigenvalue weighted by atomic mass is 10.2. The van der Waals surface area contributed by atoms with Crippen LogP contribution in [-0.2, 0) is 16.1 Å². The maximum atomic E-state index is 11.1. The zero-order valence-electron chi connectivity index (χ0n) is 8.64. The van der Waals surface area contributed by atoms with Crippen LogP contribution in [0.3, 0.4) is 0 Å². The van der Waals surface area contributed by atoms with Crippen LogP contribution in [0.25, 0.3) is 0 Å². The zero-order valence-corrected chi connectivity index (χ0v) is 8.64. The molecule has 15 heavy (non-hydrogen) atoms. The van der Waals surface area contributed by atoms with Gasteiger partial charge in [0.2, 0.25) is 0 Å². The number of para-hydroxylation sites is 1. The van der Waals surface area contributed by atoms with Gasteiger partial charge in [-0.2, -0.15) is 5.06 Å². The first kappa shape index (κ1) is 11.5. The Bertz CT molecular complexity index is 340. The fraction of sp³-hybridized carbons (Fsp3) is 0.300. The van der Waals surface area contributed by atoms with Crippen LogP contribution < -0.4 is 5.06 Å². The molecule has 1 amide bonds. The number of methoxy groups -OCH3 is 2. The first-order valence-corrected chi connectivity index (χ1v) is 4.34. The Hall–Kier alpha value is -1.59. The second-order valence-electron chi connectivity index (χ2n) is 2.84. The van der Waals surface area contributed by atoms with E-state index in [0.717, 1.165) is 0 Å². The van der Waals surface area contributed by atoms with Gasteiger partial charge >= 0.3 is 6.09 Å². The molecule has 0 aliphatic heterocycles. The van der Waals surface area contributed by atoms with Crippen molar-refractivity contribution in [1.82, 2.24) is 0 Å². The maximum absolute atomic E-state index is 11.1. The Balaban J connectivity index is 2.96. The fourth-order valence-corrected chi connectivity index (χ4v) is 1.18. The molecule has 0 atom stereocenters. The van der Waals surface area contributed by atoms with Gasteiger partial charge < -0.3 is 9.47 Å². The van der Waals surface area contributed by atoms with Crippen LogP contribution >= 0.6 is 0 Å². The number of hydrogen-bond acceptors (Lipinski definition) is 4. The van der Waals surface area contributed by atoms with Crippen molar-refractivity contribution in [3.63, 3.8) is 0 Å². The number of hydrogen-bond donors (Lipinski definition) is 1. The zero-order chi connectivity index (χ0) is 11.3. The molecule has 0 saturated heterocycles. The number of hydroxylamine groups is 1. The molecule has 0 radical (unpaired) electrons. The van der Waals surface area contributed by atoms with Crippen LogP contribution in [0, 0.1) is 0 Å². The molecule has 0 spiro atoms. The molecule has 1 N–H and O–H groups in total. The Morgan fingerprint density at radius 3 is 2.67 bits per heavy atom. The van der Waals surface area contributed by atoms with Gasteiger partial charge in [0.05, 0.1) is 19.4 Å². The summed E-state index contributed by atoms with van der Waals surface area (Å²) in [6.45, 7) is 0.310. The molecule has 82 valence electrons. The van der Waals surface area contributed by atoms with Gasteiger partial charge in [-0.1, -0.05) is 18.2 Å². The summed E-state index contributed by atoms with van der Waals surface area (Å²) in [4.78, 5) is 11.1. The summed E-state index contributed by atoms with van der Waals surface area (Å²) >= 11 is 0. The molecule has 1 rings (SSSR count). The molecular weight excluding hydrogens is 198 g/mol. The fourth-order valence-electron chi connectivity index (χ4n) is 1.18. The number of anilines is 1. The minimum atomic E-state index is -0.835. The monoisotopic (exact) mass is 211 g/mol. The number of benzene rings is 1. The molecule has 1 aromatic carbocycles. The molecule has 1 aromatic rings. The predicted molar refractivity (Wildman–Crippen MR) is 53.8 cm³/mol. The summed E-state index contributed by atoms with van der Waals surface area (Å²) in [5.74, 6) is 0. The molecular formula is C10H13NO4. The Kier molecular flexibility index (Phi) is 4.08. The van der Waals surface area contributed by atoms with E-state index in [1.165, 1.54) is 14.2 Å². The lowest BCUT2D eigenvalue weighted by Crippen LogP contribution is -2.27. The number of nitrogens with zero attached hydrogens (tertiary/aromatic N) is 1. The normalized spacial score (nSPS) is 9.80. The predicted octanol–water partition coefficient (Wildman–Crippen LogP) is 1.79. The number of carbonyl (C=O) groups is 1. The van der Waals surface area contributed by atoms with Crippen molar-refractivity contribution in [2.75, 3.05) is 19.3 Å². The molecule has 0 bridgehead atoms. The van der Waals surface area contributed by atoms with Crippen molar-refractivity contribution in [3.8, 4) is 0 Å². The minimum absolute atomic E-state index is 0.310. The van der Waals surface area contributed by atoms with Crippen LogP contribution in [-0.4, -0.2) is 25.5 Å². The van der Waals surface area contributed by atoms with E-state index in [1.54, 1.807) is 24.3 Å². The highest BCUT2D eigenvalue weighted by Crippen LogP contribution is 2.20. The lowest BCUT2D eigenvalue weighted by molar-refractivity contribution is 0.139. The van der Waals surface area contributed by atoms with Gasteiger partial charge in [0.1, 0.15) is 0 Å². The van der Waals surface area contributed by atoms with Gasteiger partial charge in [0.15, 0.2) is 0 Å². The van der Waals surface area contributed by atoms with E-state index in [0.29, 0.717) is 22.9 Å². The van der Waals surface area contributed by atoms with Gasteiger partial charge in [0.25, 0.3) is 0 Å². The molecule has 0 heterocycles. The molecule has 5 nitrogen and oxygen atoms in total. The summed E-state index contributed by atoms with van der Waals surface area (Å²) in [6, 6.07) is 6.86. The highest BCUT2D eigenvalue weighted by molar-refractivity contribution is 5.85. The highest BCUT2D eigenvalue weighted by atomic mass is 16.6. The van der Waals surface area contributed by atoms with Crippen LogP contribution in [0.15, 0.2) is 24.3 Å². The van der Waals surface area contributed by atoms with Crippen LogP contribution in [0.1, 0.15) is 5.56 Å². The third kappa shape index (κ3) is 2.68. The molecule has 0 unspecified atom stereocenters. The van der Waals surface area contributed by atoms with E-state index >= 15 is 0 Å². The Morgan fingerprint density at radius 1 is 1.40 bits per heavy atom. The third-order valence-electron chi connectivity index (χ3n) is 1.87. The minimum Gasteiger partial charge on any atom is -0.451 e. The van der Waals surface area contributed by atoms with Gasteiger partial charge in [-0.15, -0.1) is 0 Å². The second-order valence-corrected chi connectivity index (χ2v) is 2.84. The molecule has 0 aliphatic rings. The van der Waals surface area contributed by atoms with E-state index < -0.39 is 6.09 Å². The van der Waals surface area contributed by atoms with Crippen LogP contribution in [0.4, 0.5) is 10.5 Å². The lowest BCUT2D eigenvalue weighted by Gasteiger charge is -2.16. The van der Waals surface area contributed by atoms with E-state index in [4.69, 9.17) is 4.74 Å². The first-order valence-electron chi connectivity index (χ1n) is 4.34. The standard InChI is InChI=1S/C10H13NO4/c1-14-7-8-5-3-4-6-9(8)11(13)10(12)15-2/h3-6,13H,7H2,1-2H3. The largest absolute Gasteiger partial charge is 0.451 e. The maximum Gasteiger partial charge on any atom is 0.438 e. The number of amides is 1.